The molecule has 0 fully saturated rings. The minimum Gasteiger partial charge on any atom is -0.508 e. The van der Waals surface area contributed by atoms with E-state index in [2.05, 4.69) is 0 Å². The smallest absolute Gasteiger partial charge is 0.153 e. The van der Waals surface area contributed by atoms with Crippen LogP contribution in [-0.2, 0) is 11.4 Å². The van der Waals surface area contributed by atoms with Crippen LogP contribution in [0.1, 0.15) is 17.2 Å². The highest BCUT2D eigenvalue weighted by molar-refractivity contribution is 5.60. The van der Waals surface area contributed by atoms with Gasteiger partial charge in [-0.15, -0.1) is 0 Å². The number of hydrogen-bond acceptors (Lipinski definition) is 4. The number of carbonyl (C=O) groups is 1. The lowest BCUT2D eigenvalue weighted by Gasteiger charge is -2.06. The first kappa shape index (κ1) is 9.70. The van der Waals surface area contributed by atoms with Crippen molar-refractivity contribution in [3.05, 3.63) is 29.3 Å². The van der Waals surface area contributed by atoms with Gasteiger partial charge in [0, 0.05) is 5.56 Å². The van der Waals surface area contributed by atoms with Gasteiger partial charge in [-0.1, -0.05) is 6.07 Å². The monoisotopic (exact) mass is 182 g/mol. The van der Waals surface area contributed by atoms with E-state index in [4.69, 9.17) is 15.3 Å². The van der Waals surface area contributed by atoms with Crippen LogP contribution in [0.3, 0.4) is 0 Å². The third kappa shape index (κ3) is 2.05. The first-order valence-corrected chi connectivity index (χ1v) is 3.75. The maximum Gasteiger partial charge on any atom is 0.153 e. The molecule has 13 heavy (non-hydrogen) atoms. The first-order valence-electron chi connectivity index (χ1n) is 3.75. The molecule has 0 radical (unpaired) electrons. The molecule has 4 nitrogen and oxygen atoms in total. The van der Waals surface area contributed by atoms with E-state index < -0.39 is 6.10 Å². The number of aromatic hydroxyl groups is 1. The Bertz CT molecular complexity index is 308. The summed E-state index contributed by atoms with van der Waals surface area (Å²) in [5.41, 5.74) is 0.648. The van der Waals surface area contributed by atoms with Crippen LogP contribution in [-0.4, -0.2) is 21.6 Å². The largest absolute Gasteiger partial charge is 0.508 e. The molecule has 70 valence electrons. The van der Waals surface area contributed by atoms with Crippen molar-refractivity contribution in [1.29, 1.82) is 0 Å². The Kier molecular flexibility index (Phi) is 3.00. The summed E-state index contributed by atoms with van der Waals surface area (Å²) in [6.07, 6.45) is -0.820. The van der Waals surface area contributed by atoms with Crippen LogP contribution in [0, 0.1) is 0 Å². The Morgan fingerprint density at radius 1 is 1.46 bits per heavy atom. The Labute approximate surface area is 75.1 Å². The molecule has 1 aromatic rings. The molecule has 3 N–H and O–H groups in total. The summed E-state index contributed by atoms with van der Waals surface area (Å²) >= 11 is 0. The van der Waals surface area contributed by atoms with Crippen LogP contribution >= 0.6 is 0 Å². The topological polar surface area (TPSA) is 77.8 Å². The van der Waals surface area contributed by atoms with Gasteiger partial charge in [0.15, 0.2) is 6.29 Å². The van der Waals surface area contributed by atoms with E-state index in [0.717, 1.165) is 0 Å². The van der Waals surface area contributed by atoms with Crippen LogP contribution in [0.5, 0.6) is 5.75 Å². The number of carbonyl (C=O) groups excluding carboxylic acids is 1. The number of aliphatic hydroxyl groups is 2. The van der Waals surface area contributed by atoms with Gasteiger partial charge in [-0.25, -0.2) is 0 Å². The summed E-state index contributed by atoms with van der Waals surface area (Å²) in [5, 5.41) is 27.0. The van der Waals surface area contributed by atoms with E-state index in [-0.39, 0.29) is 12.4 Å². The van der Waals surface area contributed by atoms with Crippen molar-refractivity contribution in [1.82, 2.24) is 0 Å². The highest BCUT2D eigenvalue weighted by atomic mass is 16.3. The number of hydrogen-bond donors (Lipinski definition) is 3. The first-order chi connectivity index (χ1) is 6.19. The molecule has 0 bridgehead atoms. The van der Waals surface area contributed by atoms with Gasteiger partial charge in [0.05, 0.1) is 6.61 Å². The predicted molar refractivity (Wildman–Crippen MR) is 45.1 cm³/mol. The molecule has 0 spiro atoms. The van der Waals surface area contributed by atoms with Crippen LogP contribution in [0.4, 0.5) is 0 Å². The molecule has 1 atom stereocenters. The van der Waals surface area contributed by atoms with Crippen molar-refractivity contribution in [3.8, 4) is 5.75 Å². The molecule has 0 aliphatic rings. The van der Waals surface area contributed by atoms with E-state index >= 15 is 0 Å². The number of benzene rings is 1. The van der Waals surface area contributed by atoms with Crippen molar-refractivity contribution in [2.75, 3.05) is 0 Å². The van der Waals surface area contributed by atoms with E-state index in [9.17, 15) is 4.79 Å². The lowest BCUT2D eigenvalue weighted by molar-refractivity contribution is -0.115. The van der Waals surface area contributed by atoms with Crippen LogP contribution in [0.2, 0.25) is 0 Å². The van der Waals surface area contributed by atoms with E-state index in [1.807, 2.05) is 0 Å². The highest BCUT2D eigenvalue weighted by Gasteiger charge is 2.08. The molecular weight excluding hydrogens is 172 g/mol. The van der Waals surface area contributed by atoms with Gasteiger partial charge in [0.25, 0.3) is 0 Å². The second-order valence-corrected chi connectivity index (χ2v) is 2.63. The van der Waals surface area contributed by atoms with Gasteiger partial charge in [0.2, 0.25) is 0 Å². The van der Waals surface area contributed by atoms with Crippen LogP contribution in [0.15, 0.2) is 18.2 Å². The van der Waals surface area contributed by atoms with E-state index in [0.29, 0.717) is 17.4 Å². The summed E-state index contributed by atoms with van der Waals surface area (Å²) in [7, 11) is 0. The predicted octanol–water partition coefficient (Wildman–Crippen LogP) is 0.117. The molecular formula is C9H10O4. The second kappa shape index (κ2) is 4.02. The maximum atomic E-state index is 10.2. The van der Waals surface area contributed by atoms with E-state index in [1.54, 1.807) is 0 Å². The van der Waals surface area contributed by atoms with Crippen LogP contribution in [0.25, 0.3) is 0 Å². The Hall–Kier alpha value is -1.39. The van der Waals surface area contributed by atoms with Gasteiger partial charge in [-0.2, -0.15) is 0 Å². The zero-order chi connectivity index (χ0) is 9.84. The highest BCUT2D eigenvalue weighted by Crippen LogP contribution is 2.21. The fourth-order valence-corrected chi connectivity index (χ4v) is 0.995. The average Bonchev–Trinajstić information content (AvgIpc) is 2.17. The maximum absolute atomic E-state index is 10.2. The van der Waals surface area contributed by atoms with Crippen molar-refractivity contribution in [2.45, 2.75) is 12.7 Å². The van der Waals surface area contributed by atoms with Gasteiger partial charge < -0.3 is 20.1 Å². The minimum absolute atomic E-state index is 0.0515. The van der Waals surface area contributed by atoms with Gasteiger partial charge in [-0.05, 0) is 17.7 Å². The fourth-order valence-electron chi connectivity index (χ4n) is 0.995. The molecule has 0 saturated carbocycles. The summed E-state index contributed by atoms with van der Waals surface area (Å²) in [6, 6.07) is 4.13. The lowest BCUT2D eigenvalue weighted by atomic mass is 10.1. The molecule has 0 aliphatic heterocycles. The molecule has 0 aromatic heterocycles. The normalized spacial score (nSPS) is 12.5. The summed E-state index contributed by atoms with van der Waals surface area (Å²) in [6.45, 7) is -0.328. The van der Waals surface area contributed by atoms with Crippen molar-refractivity contribution in [3.63, 3.8) is 0 Å². The van der Waals surface area contributed by atoms with Gasteiger partial charge >= 0.3 is 0 Å². The van der Waals surface area contributed by atoms with E-state index in [1.165, 1.54) is 18.2 Å². The van der Waals surface area contributed by atoms with Crippen molar-refractivity contribution < 1.29 is 20.1 Å². The minimum atomic E-state index is -1.20. The molecule has 0 heterocycles. The van der Waals surface area contributed by atoms with Crippen molar-refractivity contribution in [2.24, 2.45) is 0 Å². The van der Waals surface area contributed by atoms with Gasteiger partial charge in [-0.3, -0.25) is 0 Å². The molecule has 1 unspecified atom stereocenters. The van der Waals surface area contributed by atoms with Gasteiger partial charge in [0.1, 0.15) is 11.9 Å². The third-order valence-corrected chi connectivity index (χ3v) is 1.74. The second-order valence-electron chi connectivity index (χ2n) is 2.63. The fraction of sp³-hybridized carbons (Fsp3) is 0.222. The quantitative estimate of drug-likeness (QED) is 0.580. The summed E-state index contributed by atoms with van der Waals surface area (Å²) < 4.78 is 0. The average molecular weight is 182 g/mol. The standard InChI is InChI=1S/C9H10O4/c10-4-7-3-6(9(13)5-11)1-2-8(7)12/h1-3,5,9-10,12-13H,4H2. The number of aldehydes is 1. The number of aliphatic hydroxyl groups excluding tert-OH is 2. The number of phenols is 1. The van der Waals surface area contributed by atoms with Crippen LogP contribution < -0.4 is 0 Å². The third-order valence-electron chi connectivity index (χ3n) is 1.74. The molecule has 1 aromatic carbocycles. The SMILES string of the molecule is O=CC(O)c1ccc(O)c(CO)c1. The number of rotatable bonds is 3. The Morgan fingerprint density at radius 3 is 2.69 bits per heavy atom. The van der Waals surface area contributed by atoms with Crippen molar-refractivity contribution >= 4 is 6.29 Å². The Balaban J connectivity index is 3.05. The summed E-state index contributed by atoms with van der Waals surface area (Å²) in [5.74, 6) is -0.0515. The summed E-state index contributed by atoms with van der Waals surface area (Å²) in [4.78, 5) is 10.2. The lowest BCUT2D eigenvalue weighted by Crippen LogP contribution is -1.99. The molecule has 1 rings (SSSR count). The molecule has 4 heteroatoms. The molecule has 0 saturated heterocycles. The Morgan fingerprint density at radius 2 is 2.15 bits per heavy atom. The molecule has 0 amide bonds. The zero-order valence-corrected chi connectivity index (χ0v) is 6.84. The molecule has 0 aliphatic carbocycles. The zero-order valence-electron chi connectivity index (χ0n) is 6.84.